The zero-order chi connectivity index (χ0) is 12.4. The van der Waals surface area contributed by atoms with E-state index in [1.807, 2.05) is 6.20 Å². The maximum Gasteiger partial charge on any atom is 0.0568 e. The first kappa shape index (κ1) is 14.1. The Morgan fingerprint density at radius 1 is 1.16 bits per heavy atom. The van der Waals surface area contributed by atoms with E-state index >= 15 is 0 Å². The molecule has 102 valence electrons. The van der Waals surface area contributed by atoms with Crippen molar-refractivity contribution in [1.29, 1.82) is 0 Å². The molecule has 0 aliphatic heterocycles. The molecule has 19 heavy (non-hydrogen) atoms. The van der Waals surface area contributed by atoms with Crippen molar-refractivity contribution in [1.82, 2.24) is 9.78 Å². The van der Waals surface area contributed by atoms with E-state index in [-0.39, 0.29) is 12.4 Å². The van der Waals surface area contributed by atoms with E-state index in [1.54, 1.807) is 0 Å². The number of nitrogens with zero attached hydrogens (tertiary/aromatic N) is 2. The summed E-state index contributed by atoms with van der Waals surface area (Å²) >= 11 is 0. The highest BCUT2D eigenvalue weighted by atomic mass is 35.5. The van der Waals surface area contributed by atoms with E-state index in [1.165, 1.54) is 29.5 Å². The molecule has 0 radical (unpaired) electrons. The van der Waals surface area contributed by atoms with Gasteiger partial charge in [0.1, 0.15) is 0 Å². The Kier molecular flexibility index (Phi) is 4.61. The van der Waals surface area contributed by atoms with Crippen molar-refractivity contribution < 1.29 is 0 Å². The van der Waals surface area contributed by atoms with Gasteiger partial charge >= 0.3 is 0 Å². The molecule has 3 rings (SSSR count). The molecule has 0 unspecified atom stereocenters. The maximum atomic E-state index is 5.55. The van der Waals surface area contributed by atoms with Crippen molar-refractivity contribution >= 4 is 12.4 Å². The van der Waals surface area contributed by atoms with Crippen LogP contribution in [-0.4, -0.2) is 16.3 Å². The third kappa shape index (κ3) is 3.58. The van der Waals surface area contributed by atoms with E-state index in [0.717, 1.165) is 18.9 Å². The van der Waals surface area contributed by atoms with Gasteiger partial charge in [0.15, 0.2) is 0 Å². The van der Waals surface area contributed by atoms with E-state index in [4.69, 9.17) is 5.73 Å². The van der Waals surface area contributed by atoms with Gasteiger partial charge in [-0.15, -0.1) is 12.4 Å². The van der Waals surface area contributed by atoms with Crippen LogP contribution in [0.25, 0.3) is 11.1 Å². The van der Waals surface area contributed by atoms with Crippen LogP contribution in [0.3, 0.4) is 0 Å². The van der Waals surface area contributed by atoms with E-state index in [9.17, 15) is 0 Å². The monoisotopic (exact) mass is 277 g/mol. The fraction of sp³-hybridized carbons (Fsp3) is 0.400. The zero-order valence-electron chi connectivity index (χ0n) is 11.0. The van der Waals surface area contributed by atoms with Crippen molar-refractivity contribution in [2.75, 3.05) is 6.54 Å². The number of nitrogens with two attached hydrogens (primary N) is 1. The first-order chi connectivity index (χ1) is 8.85. The Balaban J connectivity index is 0.00000133. The molecule has 1 saturated carbocycles. The topological polar surface area (TPSA) is 43.8 Å². The van der Waals surface area contributed by atoms with Crippen LogP contribution in [-0.2, 0) is 13.0 Å². The van der Waals surface area contributed by atoms with Crippen LogP contribution in [0.15, 0.2) is 36.7 Å². The Labute approximate surface area is 120 Å². The van der Waals surface area contributed by atoms with Gasteiger partial charge in [-0.25, -0.2) is 0 Å². The molecule has 3 nitrogen and oxygen atoms in total. The van der Waals surface area contributed by atoms with E-state index in [0.29, 0.717) is 6.54 Å². The summed E-state index contributed by atoms with van der Waals surface area (Å²) < 4.78 is 2.07. The molecule has 1 aromatic heterocycles. The summed E-state index contributed by atoms with van der Waals surface area (Å²) in [7, 11) is 0. The average molecular weight is 278 g/mol. The van der Waals surface area contributed by atoms with Crippen LogP contribution in [0.2, 0.25) is 0 Å². The second-order valence-electron chi connectivity index (χ2n) is 5.13. The summed E-state index contributed by atoms with van der Waals surface area (Å²) in [6.45, 7) is 1.78. The second kappa shape index (κ2) is 6.22. The smallest absolute Gasteiger partial charge is 0.0568 e. The fourth-order valence-electron chi connectivity index (χ4n) is 2.21. The molecule has 1 aromatic carbocycles. The highest BCUT2D eigenvalue weighted by Crippen LogP contribution is 2.30. The summed E-state index contributed by atoms with van der Waals surface area (Å²) in [4.78, 5) is 0. The number of halogens is 1. The van der Waals surface area contributed by atoms with Gasteiger partial charge in [0.05, 0.1) is 6.20 Å². The normalized spacial score (nSPS) is 14.2. The zero-order valence-corrected chi connectivity index (χ0v) is 11.8. The van der Waals surface area contributed by atoms with Gasteiger partial charge in [0, 0.05) is 18.3 Å². The van der Waals surface area contributed by atoms with Gasteiger partial charge in [-0.3, -0.25) is 4.68 Å². The number of aromatic nitrogens is 2. The number of benzene rings is 1. The van der Waals surface area contributed by atoms with Crippen LogP contribution in [0, 0.1) is 5.92 Å². The molecule has 2 N–H and O–H groups in total. The molecule has 0 bridgehead atoms. The molecular formula is C15H20ClN3. The summed E-state index contributed by atoms with van der Waals surface area (Å²) in [6.07, 6.45) is 7.78. The lowest BCUT2D eigenvalue weighted by Crippen LogP contribution is -2.02. The maximum absolute atomic E-state index is 5.55. The quantitative estimate of drug-likeness (QED) is 0.913. The molecule has 1 aliphatic carbocycles. The molecule has 2 aromatic rings. The molecule has 0 saturated heterocycles. The molecule has 0 amide bonds. The Morgan fingerprint density at radius 3 is 2.53 bits per heavy atom. The highest BCUT2D eigenvalue weighted by Gasteiger charge is 2.21. The Bertz CT molecular complexity index is 514. The van der Waals surface area contributed by atoms with E-state index in [2.05, 4.69) is 40.2 Å². The lowest BCUT2D eigenvalue weighted by Gasteiger charge is -2.01. The van der Waals surface area contributed by atoms with Gasteiger partial charge in [0.2, 0.25) is 0 Å². The minimum Gasteiger partial charge on any atom is -0.330 e. The predicted molar refractivity (Wildman–Crippen MR) is 80.4 cm³/mol. The van der Waals surface area contributed by atoms with Gasteiger partial charge in [0.25, 0.3) is 0 Å². The summed E-state index contributed by atoms with van der Waals surface area (Å²) in [5.41, 5.74) is 9.29. The molecule has 1 heterocycles. The lowest BCUT2D eigenvalue weighted by molar-refractivity contribution is 0.563. The molecule has 4 heteroatoms. The molecule has 1 fully saturated rings. The van der Waals surface area contributed by atoms with E-state index < -0.39 is 0 Å². The van der Waals surface area contributed by atoms with Crippen molar-refractivity contribution in [3.63, 3.8) is 0 Å². The van der Waals surface area contributed by atoms with Crippen LogP contribution in [0.1, 0.15) is 18.4 Å². The Hall–Kier alpha value is -1.32. The minimum absolute atomic E-state index is 0. The first-order valence-electron chi connectivity index (χ1n) is 6.67. The van der Waals surface area contributed by atoms with Crippen LogP contribution >= 0.6 is 12.4 Å². The molecule has 1 aliphatic rings. The Morgan fingerprint density at radius 2 is 1.89 bits per heavy atom. The van der Waals surface area contributed by atoms with Crippen LogP contribution < -0.4 is 5.73 Å². The third-order valence-electron chi connectivity index (χ3n) is 3.50. The lowest BCUT2D eigenvalue weighted by atomic mass is 10.1. The van der Waals surface area contributed by atoms with Crippen LogP contribution in [0.5, 0.6) is 0 Å². The van der Waals surface area contributed by atoms with Crippen molar-refractivity contribution in [3.05, 3.63) is 42.2 Å². The fourth-order valence-corrected chi connectivity index (χ4v) is 2.21. The first-order valence-corrected chi connectivity index (χ1v) is 6.67. The number of hydrogen-bond donors (Lipinski definition) is 1. The number of rotatable bonds is 5. The van der Waals surface area contributed by atoms with Crippen molar-refractivity contribution in [2.24, 2.45) is 11.7 Å². The number of hydrogen-bond acceptors (Lipinski definition) is 2. The predicted octanol–water partition coefficient (Wildman–Crippen LogP) is 2.88. The summed E-state index contributed by atoms with van der Waals surface area (Å²) in [5, 5.41) is 4.43. The van der Waals surface area contributed by atoms with Crippen molar-refractivity contribution in [2.45, 2.75) is 25.8 Å². The summed E-state index contributed by atoms with van der Waals surface area (Å²) in [6, 6.07) is 8.62. The SMILES string of the molecule is Cl.NCCc1ccc(-c2cnn(CC3CC3)c2)cc1. The summed E-state index contributed by atoms with van der Waals surface area (Å²) in [5.74, 6) is 0.865. The largest absolute Gasteiger partial charge is 0.330 e. The second-order valence-corrected chi connectivity index (χ2v) is 5.13. The minimum atomic E-state index is 0. The van der Waals surface area contributed by atoms with Gasteiger partial charge in [-0.2, -0.15) is 5.10 Å². The molecular weight excluding hydrogens is 258 g/mol. The average Bonchev–Trinajstić information content (AvgIpc) is 3.07. The van der Waals surface area contributed by atoms with Crippen LogP contribution in [0.4, 0.5) is 0 Å². The van der Waals surface area contributed by atoms with Gasteiger partial charge < -0.3 is 5.73 Å². The highest BCUT2D eigenvalue weighted by molar-refractivity contribution is 5.85. The van der Waals surface area contributed by atoms with Gasteiger partial charge in [-0.1, -0.05) is 24.3 Å². The molecule has 0 spiro atoms. The standard InChI is InChI=1S/C15H19N3.ClH/c16-8-7-12-3-5-14(6-4-12)15-9-17-18(11-15)10-13-1-2-13;/h3-6,9,11,13H,1-2,7-8,10,16H2;1H. The van der Waals surface area contributed by atoms with Gasteiger partial charge in [-0.05, 0) is 42.9 Å². The molecule has 0 atom stereocenters. The third-order valence-corrected chi connectivity index (χ3v) is 3.50. The van der Waals surface area contributed by atoms with Crippen molar-refractivity contribution in [3.8, 4) is 11.1 Å².